The Labute approximate surface area is 201 Å². The van der Waals surface area contributed by atoms with Crippen LogP contribution in [-0.2, 0) is 24.5 Å². The van der Waals surface area contributed by atoms with Crippen molar-refractivity contribution in [3.05, 3.63) is 77.0 Å². The van der Waals surface area contributed by atoms with E-state index in [1.165, 1.54) is 31.5 Å². The molecule has 3 aliphatic rings. The van der Waals surface area contributed by atoms with E-state index in [-0.39, 0.29) is 11.8 Å². The van der Waals surface area contributed by atoms with Gasteiger partial charge >= 0.3 is 0 Å². The number of nitrogens with one attached hydrogen (secondary N) is 1. The fourth-order valence-corrected chi connectivity index (χ4v) is 5.15. The molecule has 2 saturated heterocycles. The lowest BCUT2D eigenvalue weighted by Crippen LogP contribution is -2.49. The average Bonchev–Trinajstić information content (AvgIpc) is 3.17. The first kappa shape index (κ1) is 22.7. The Hall–Kier alpha value is -3.12. The molecule has 1 atom stereocenters. The quantitative estimate of drug-likeness (QED) is 0.702. The molecule has 2 aromatic carbocycles. The predicted octanol–water partition coefficient (Wildman–Crippen LogP) is 4.25. The van der Waals surface area contributed by atoms with Crippen LogP contribution in [0.15, 0.2) is 54.7 Å². The van der Waals surface area contributed by atoms with Gasteiger partial charge in [0, 0.05) is 23.4 Å². The van der Waals surface area contributed by atoms with E-state index >= 15 is 0 Å². The third-order valence-electron chi connectivity index (χ3n) is 7.35. The Bertz CT molecular complexity index is 1090. The van der Waals surface area contributed by atoms with Gasteiger partial charge in [-0.3, -0.25) is 14.5 Å². The molecule has 2 amide bonds. The summed E-state index contributed by atoms with van der Waals surface area (Å²) in [5, 5.41) is 2.79. The molecular formula is C28H33N3O3. The normalized spacial score (nSPS) is 21.5. The van der Waals surface area contributed by atoms with Crippen molar-refractivity contribution in [3.63, 3.8) is 0 Å². The molecule has 178 valence electrons. The predicted molar refractivity (Wildman–Crippen MR) is 131 cm³/mol. The van der Waals surface area contributed by atoms with E-state index in [9.17, 15) is 9.59 Å². The van der Waals surface area contributed by atoms with Gasteiger partial charge < -0.3 is 15.0 Å². The summed E-state index contributed by atoms with van der Waals surface area (Å²) < 4.78 is 6.16. The second-order valence-corrected chi connectivity index (χ2v) is 9.93. The molecule has 0 bridgehead atoms. The van der Waals surface area contributed by atoms with E-state index in [1.54, 1.807) is 4.90 Å². The molecule has 6 heteroatoms. The number of piperidine rings is 2. The first-order valence-corrected chi connectivity index (χ1v) is 12.3. The summed E-state index contributed by atoms with van der Waals surface area (Å²) in [6.07, 6.45) is 3.86. The van der Waals surface area contributed by atoms with Crippen molar-refractivity contribution in [2.45, 2.75) is 58.3 Å². The highest BCUT2D eigenvalue weighted by Crippen LogP contribution is 2.34. The molecule has 0 saturated carbocycles. The summed E-state index contributed by atoms with van der Waals surface area (Å²) >= 11 is 0. The van der Waals surface area contributed by atoms with Crippen molar-refractivity contribution >= 4 is 11.8 Å². The number of ether oxygens (including phenoxy) is 1. The van der Waals surface area contributed by atoms with Gasteiger partial charge in [-0.2, -0.15) is 0 Å². The van der Waals surface area contributed by atoms with Crippen LogP contribution in [0.3, 0.4) is 0 Å². The first-order chi connectivity index (χ1) is 16.5. The number of allylic oxidation sites excluding steroid dienone is 1. The molecule has 5 rings (SSSR count). The van der Waals surface area contributed by atoms with Gasteiger partial charge in [0.15, 0.2) is 0 Å². The summed E-state index contributed by atoms with van der Waals surface area (Å²) in [7, 11) is 0. The van der Waals surface area contributed by atoms with Gasteiger partial charge in [-0.15, -0.1) is 0 Å². The second-order valence-electron chi connectivity index (χ2n) is 9.93. The van der Waals surface area contributed by atoms with Crippen molar-refractivity contribution in [1.29, 1.82) is 0 Å². The fraction of sp³-hybridized carbons (Fsp3) is 0.429. The monoisotopic (exact) mass is 459 g/mol. The average molecular weight is 460 g/mol. The molecule has 3 aliphatic heterocycles. The number of hydrogen-bond donors (Lipinski definition) is 1. The lowest BCUT2D eigenvalue weighted by molar-refractivity contribution is -0.126. The number of amides is 2. The molecule has 0 radical (unpaired) electrons. The summed E-state index contributed by atoms with van der Waals surface area (Å²) in [5.41, 5.74) is 4.63. The third kappa shape index (κ3) is 4.73. The van der Waals surface area contributed by atoms with Gasteiger partial charge in [-0.25, -0.2) is 0 Å². The van der Waals surface area contributed by atoms with E-state index < -0.39 is 6.04 Å². The number of rotatable bonds is 6. The highest BCUT2D eigenvalue weighted by Gasteiger charge is 2.39. The lowest BCUT2D eigenvalue weighted by Gasteiger charge is -2.31. The van der Waals surface area contributed by atoms with Crippen LogP contribution in [0, 0.1) is 5.92 Å². The van der Waals surface area contributed by atoms with Gasteiger partial charge in [0.05, 0.1) is 6.54 Å². The van der Waals surface area contributed by atoms with Crippen LogP contribution in [0.1, 0.15) is 59.7 Å². The van der Waals surface area contributed by atoms with Crippen LogP contribution in [0.25, 0.3) is 0 Å². The first-order valence-electron chi connectivity index (χ1n) is 12.3. The van der Waals surface area contributed by atoms with Crippen LogP contribution < -0.4 is 10.1 Å². The Morgan fingerprint density at radius 1 is 1.03 bits per heavy atom. The molecule has 34 heavy (non-hydrogen) atoms. The standard InChI is InChI=1S/C28H33N3O3/c1-19-12-14-30(15-13-19)16-21-7-9-22(10-8-21)18-34-26-5-3-4-23-24(26)17-31(28(23)33)25-11-6-20(2)29-27(25)32/h3-5,7-10,19,25H,2,6,11-18H2,1H3,(H,29,32)/t25-/m0/s1. The number of fused-ring (bicyclic) bond motifs is 1. The zero-order valence-corrected chi connectivity index (χ0v) is 19.9. The zero-order chi connectivity index (χ0) is 23.7. The van der Waals surface area contributed by atoms with Crippen molar-refractivity contribution in [1.82, 2.24) is 15.1 Å². The van der Waals surface area contributed by atoms with Crippen LogP contribution in [0.5, 0.6) is 5.75 Å². The number of likely N-dealkylation sites (tertiary alicyclic amines) is 1. The maximum absolute atomic E-state index is 13.0. The molecule has 1 N–H and O–H groups in total. The van der Waals surface area contributed by atoms with E-state index in [2.05, 4.69) is 48.0 Å². The molecule has 0 aromatic heterocycles. The Morgan fingerprint density at radius 3 is 2.50 bits per heavy atom. The SMILES string of the molecule is C=C1CC[C@H](N2Cc3c(OCc4ccc(CN5CCC(C)CC5)cc4)cccc3C2=O)C(=O)N1. The third-order valence-corrected chi connectivity index (χ3v) is 7.35. The highest BCUT2D eigenvalue weighted by molar-refractivity contribution is 6.02. The molecule has 2 aromatic rings. The van der Waals surface area contributed by atoms with Gasteiger partial charge in [0.1, 0.15) is 18.4 Å². The van der Waals surface area contributed by atoms with E-state index in [0.29, 0.717) is 43.0 Å². The molecule has 2 fully saturated rings. The van der Waals surface area contributed by atoms with Crippen LogP contribution in [-0.4, -0.2) is 40.7 Å². The second kappa shape index (κ2) is 9.63. The van der Waals surface area contributed by atoms with Crippen molar-refractivity contribution < 1.29 is 14.3 Å². The highest BCUT2D eigenvalue weighted by atomic mass is 16.5. The molecule has 6 nitrogen and oxygen atoms in total. The molecule has 0 spiro atoms. The Morgan fingerprint density at radius 2 is 1.76 bits per heavy atom. The number of nitrogens with zero attached hydrogens (tertiary/aromatic N) is 2. The Kier molecular flexibility index (Phi) is 6.42. The fourth-order valence-electron chi connectivity index (χ4n) is 5.15. The molecule has 0 aliphatic carbocycles. The zero-order valence-electron chi connectivity index (χ0n) is 19.9. The van der Waals surface area contributed by atoms with E-state index in [0.717, 1.165) is 23.6 Å². The summed E-state index contributed by atoms with van der Waals surface area (Å²) in [5.74, 6) is 1.29. The van der Waals surface area contributed by atoms with E-state index in [4.69, 9.17) is 4.74 Å². The number of carbonyl (C=O) groups excluding carboxylic acids is 2. The maximum Gasteiger partial charge on any atom is 0.255 e. The summed E-state index contributed by atoms with van der Waals surface area (Å²) in [6.45, 7) is 10.4. The van der Waals surface area contributed by atoms with Crippen molar-refractivity contribution in [2.24, 2.45) is 5.92 Å². The van der Waals surface area contributed by atoms with Crippen molar-refractivity contribution in [3.8, 4) is 5.75 Å². The maximum atomic E-state index is 13.0. The smallest absolute Gasteiger partial charge is 0.255 e. The number of hydrogen-bond acceptors (Lipinski definition) is 4. The van der Waals surface area contributed by atoms with Crippen LogP contribution in [0.2, 0.25) is 0 Å². The molecule has 3 heterocycles. The molecule has 0 unspecified atom stereocenters. The number of carbonyl (C=O) groups is 2. The molecular weight excluding hydrogens is 426 g/mol. The minimum Gasteiger partial charge on any atom is -0.489 e. The van der Waals surface area contributed by atoms with Gasteiger partial charge in [0.2, 0.25) is 5.91 Å². The largest absolute Gasteiger partial charge is 0.489 e. The minimum atomic E-state index is -0.464. The van der Waals surface area contributed by atoms with Crippen molar-refractivity contribution in [2.75, 3.05) is 13.1 Å². The van der Waals surface area contributed by atoms with Crippen LogP contribution >= 0.6 is 0 Å². The van der Waals surface area contributed by atoms with Gasteiger partial charge in [0.25, 0.3) is 5.91 Å². The van der Waals surface area contributed by atoms with Gasteiger partial charge in [-0.1, -0.05) is 43.8 Å². The number of benzene rings is 2. The van der Waals surface area contributed by atoms with Gasteiger partial charge in [-0.05, 0) is 68.0 Å². The lowest BCUT2D eigenvalue weighted by atomic mass is 9.99. The Balaban J connectivity index is 1.21. The summed E-state index contributed by atoms with van der Waals surface area (Å²) in [6, 6.07) is 13.7. The van der Waals surface area contributed by atoms with Crippen LogP contribution in [0.4, 0.5) is 0 Å². The summed E-state index contributed by atoms with van der Waals surface area (Å²) in [4.78, 5) is 29.7. The topological polar surface area (TPSA) is 61.9 Å². The minimum absolute atomic E-state index is 0.107. The van der Waals surface area contributed by atoms with E-state index in [1.807, 2.05) is 18.2 Å².